The van der Waals surface area contributed by atoms with Crippen molar-refractivity contribution in [2.45, 2.75) is 25.4 Å². The number of benzene rings is 2. The minimum Gasteiger partial charge on any atom is -0.493 e. The normalized spacial score (nSPS) is 22.9. The van der Waals surface area contributed by atoms with E-state index in [-0.39, 0.29) is 0 Å². The van der Waals surface area contributed by atoms with E-state index >= 15 is 0 Å². The van der Waals surface area contributed by atoms with Crippen molar-refractivity contribution >= 4 is 0 Å². The second kappa shape index (κ2) is 6.64. The molecule has 2 aromatic carbocycles. The van der Waals surface area contributed by atoms with E-state index in [9.17, 15) is 0 Å². The summed E-state index contributed by atoms with van der Waals surface area (Å²) in [6, 6.07) is 8.95. The fraction of sp³-hybridized carbons (Fsp3) is 0.455. The third-order valence-corrected chi connectivity index (χ3v) is 6.33. The molecule has 2 aromatic rings. The van der Waals surface area contributed by atoms with Crippen molar-refractivity contribution in [1.29, 1.82) is 0 Å². The largest absolute Gasteiger partial charge is 0.493 e. The molecule has 0 radical (unpaired) electrons. The SMILES string of the molecule is COc1cc2c(cc1OC)[C@@H]1Cc3ccc(OC)c(OC)c3C[N@+]1(C)CC2. The number of nitrogens with zero attached hydrogens (tertiary/aromatic N) is 1. The Labute approximate surface area is 161 Å². The Kier molecular flexibility index (Phi) is 4.42. The fourth-order valence-corrected chi connectivity index (χ4v) is 4.82. The lowest BCUT2D eigenvalue weighted by Crippen LogP contribution is -2.53. The molecule has 27 heavy (non-hydrogen) atoms. The van der Waals surface area contributed by atoms with Crippen molar-refractivity contribution in [1.82, 2.24) is 0 Å². The van der Waals surface area contributed by atoms with Gasteiger partial charge in [-0.15, -0.1) is 0 Å². The zero-order chi connectivity index (χ0) is 19.2. The molecule has 5 nitrogen and oxygen atoms in total. The van der Waals surface area contributed by atoms with E-state index in [0.717, 1.165) is 53.4 Å². The van der Waals surface area contributed by atoms with Gasteiger partial charge in [-0.1, -0.05) is 6.07 Å². The number of quaternary nitrogens is 1. The Hall–Kier alpha value is -2.40. The zero-order valence-electron chi connectivity index (χ0n) is 16.8. The molecule has 0 aromatic heterocycles. The highest BCUT2D eigenvalue weighted by Crippen LogP contribution is 2.48. The number of ether oxygens (including phenoxy) is 4. The van der Waals surface area contributed by atoms with E-state index in [0.29, 0.717) is 6.04 Å². The fourth-order valence-electron chi connectivity index (χ4n) is 4.82. The Bertz CT molecular complexity index is 879. The van der Waals surface area contributed by atoms with E-state index < -0.39 is 0 Å². The zero-order valence-corrected chi connectivity index (χ0v) is 16.8. The molecule has 2 heterocycles. The van der Waals surface area contributed by atoms with Crippen molar-refractivity contribution in [2.75, 3.05) is 42.0 Å². The lowest BCUT2D eigenvalue weighted by Gasteiger charge is -2.49. The second-order valence-electron chi connectivity index (χ2n) is 7.68. The van der Waals surface area contributed by atoms with Gasteiger partial charge in [0.1, 0.15) is 12.6 Å². The van der Waals surface area contributed by atoms with Gasteiger partial charge in [0.05, 0.1) is 47.6 Å². The van der Waals surface area contributed by atoms with Gasteiger partial charge >= 0.3 is 0 Å². The minimum absolute atomic E-state index is 0.402. The Morgan fingerprint density at radius 2 is 1.56 bits per heavy atom. The van der Waals surface area contributed by atoms with Crippen LogP contribution in [0.15, 0.2) is 24.3 Å². The summed E-state index contributed by atoms with van der Waals surface area (Å²) in [4.78, 5) is 0. The molecule has 144 valence electrons. The summed E-state index contributed by atoms with van der Waals surface area (Å²) in [5, 5.41) is 0. The van der Waals surface area contributed by atoms with Crippen LogP contribution in [0, 0.1) is 0 Å². The highest BCUT2D eigenvalue weighted by molar-refractivity contribution is 5.53. The summed E-state index contributed by atoms with van der Waals surface area (Å²) in [5.41, 5.74) is 5.37. The average Bonchev–Trinajstić information content (AvgIpc) is 2.70. The van der Waals surface area contributed by atoms with Crippen LogP contribution < -0.4 is 18.9 Å². The highest BCUT2D eigenvalue weighted by atomic mass is 16.5. The molecular formula is C22H28NO4+. The van der Waals surface area contributed by atoms with Crippen molar-refractivity contribution in [2.24, 2.45) is 0 Å². The van der Waals surface area contributed by atoms with Gasteiger partial charge < -0.3 is 23.4 Å². The Balaban J connectivity index is 1.82. The molecule has 0 bridgehead atoms. The maximum Gasteiger partial charge on any atom is 0.169 e. The van der Waals surface area contributed by atoms with Gasteiger partial charge in [0, 0.05) is 18.4 Å². The molecular weight excluding hydrogens is 342 g/mol. The van der Waals surface area contributed by atoms with Crippen LogP contribution >= 0.6 is 0 Å². The van der Waals surface area contributed by atoms with Crippen molar-refractivity contribution in [3.05, 3.63) is 46.5 Å². The van der Waals surface area contributed by atoms with Gasteiger partial charge in [0.2, 0.25) is 0 Å². The molecule has 0 fully saturated rings. The van der Waals surface area contributed by atoms with Crippen LogP contribution in [0.5, 0.6) is 23.0 Å². The van der Waals surface area contributed by atoms with Crippen LogP contribution in [0.3, 0.4) is 0 Å². The summed E-state index contributed by atoms with van der Waals surface area (Å²) in [6.07, 6.45) is 2.01. The van der Waals surface area contributed by atoms with Crippen LogP contribution in [0.25, 0.3) is 0 Å². The summed E-state index contributed by atoms with van der Waals surface area (Å²) in [5.74, 6) is 3.31. The monoisotopic (exact) mass is 370 g/mol. The number of hydrogen-bond donors (Lipinski definition) is 0. The molecule has 0 saturated heterocycles. The van der Waals surface area contributed by atoms with Crippen LogP contribution in [0.2, 0.25) is 0 Å². The standard InChI is InChI=1S/C22H28NO4/c1-23-9-8-15-11-20(25-3)21(26-4)12-16(15)18(23)10-14-6-7-19(24-2)22(27-5)17(14)13-23/h6-7,11-12,18H,8-10,13H2,1-5H3/q+1/t18-,23-/m0/s1. The van der Waals surface area contributed by atoms with E-state index in [4.69, 9.17) is 18.9 Å². The Morgan fingerprint density at radius 3 is 2.22 bits per heavy atom. The minimum atomic E-state index is 0.402. The van der Waals surface area contributed by atoms with Crippen LogP contribution in [-0.2, 0) is 19.4 Å². The number of fused-ring (bicyclic) bond motifs is 4. The second-order valence-corrected chi connectivity index (χ2v) is 7.68. The average molecular weight is 370 g/mol. The molecule has 4 rings (SSSR count). The number of rotatable bonds is 4. The first-order valence-corrected chi connectivity index (χ1v) is 9.36. The summed E-state index contributed by atoms with van der Waals surface area (Å²) >= 11 is 0. The van der Waals surface area contributed by atoms with E-state index in [1.807, 2.05) is 6.07 Å². The van der Waals surface area contributed by atoms with Crippen LogP contribution in [0.1, 0.15) is 28.3 Å². The molecule has 2 aliphatic rings. The molecule has 0 spiro atoms. The molecule has 0 saturated carbocycles. The molecule has 0 N–H and O–H groups in total. The predicted octanol–water partition coefficient (Wildman–Crippen LogP) is 3.52. The molecule has 2 aliphatic heterocycles. The van der Waals surface area contributed by atoms with E-state index in [2.05, 4.69) is 25.2 Å². The summed E-state index contributed by atoms with van der Waals surface area (Å²) in [6.45, 7) is 2.03. The smallest absolute Gasteiger partial charge is 0.169 e. The number of hydrogen-bond acceptors (Lipinski definition) is 4. The molecule has 0 unspecified atom stereocenters. The third-order valence-electron chi connectivity index (χ3n) is 6.33. The Morgan fingerprint density at radius 1 is 0.852 bits per heavy atom. The van der Waals surface area contributed by atoms with Gasteiger partial charge in [-0.25, -0.2) is 0 Å². The van der Waals surface area contributed by atoms with Crippen LogP contribution in [-0.4, -0.2) is 46.5 Å². The number of methoxy groups -OCH3 is 4. The first-order valence-electron chi connectivity index (χ1n) is 9.36. The summed E-state index contributed by atoms with van der Waals surface area (Å²) < 4.78 is 23.3. The maximum atomic E-state index is 5.72. The third kappa shape index (κ3) is 2.72. The topological polar surface area (TPSA) is 36.9 Å². The molecule has 2 atom stereocenters. The van der Waals surface area contributed by atoms with E-state index in [1.54, 1.807) is 28.4 Å². The van der Waals surface area contributed by atoms with Crippen molar-refractivity contribution in [3.8, 4) is 23.0 Å². The molecule has 0 amide bonds. The van der Waals surface area contributed by atoms with Gasteiger partial charge in [0.25, 0.3) is 0 Å². The summed E-state index contributed by atoms with van der Waals surface area (Å²) in [7, 11) is 9.18. The number of likely N-dealkylation sites (N-methyl/N-ethyl adjacent to an activating group) is 1. The lowest BCUT2D eigenvalue weighted by molar-refractivity contribution is -0.956. The van der Waals surface area contributed by atoms with E-state index in [1.165, 1.54) is 22.3 Å². The molecule has 5 heteroatoms. The van der Waals surface area contributed by atoms with Crippen LogP contribution in [0.4, 0.5) is 0 Å². The van der Waals surface area contributed by atoms with Gasteiger partial charge in [-0.3, -0.25) is 0 Å². The maximum absolute atomic E-state index is 5.72. The first kappa shape index (κ1) is 18.0. The van der Waals surface area contributed by atoms with Gasteiger partial charge in [-0.05, 0) is 29.3 Å². The quantitative estimate of drug-likeness (QED) is 0.772. The highest BCUT2D eigenvalue weighted by Gasteiger charge is 2.44. The van der Waals surface area contributed by atoms with Crippen molar-refractivity contribution in [3.63, 3.8) is 0 Å². The predicted molar refractivity (Wildman–Crippen MR) is 104 cm³/mol. The molecule has 0 aliphatic carbocycles. The van der Waals surface area contributed by atoms with Gasteiger partial charge in [-0.2, -0.15) is 0 Å². The van der Waals surface area contributed by atoms with Gasteiger partial charge in [0.15, 0.2) is 23.0 Å². The lowest BCUT2D eigenvalue weighted by atomic mass is 9.81. The van der Waals surface area contributed by atoms with Crippen molar-refractivity contribution < 1.29 is 23.4 Å². The first-order chi connectivity index (χ1) is 13.0.